The number of anilines is 1. The number of nitrogens with one attached hydrogen (secondary N) is 1. The summed E-state index contributed by atoms with van der Waals surface area (Å²) in [7, 11) is 2.61. The number of aromatic hydroxyl groups is 1. The molecule has 0 aliphatic heterocycles. The summed E-state index contributed by atoms with van der Waals surface area (Å²) in [6.07, 6.45) is -0.0940. The van der Waals surface area contributed by atoms with Gasteiger partial charge in [0.05, 0.1) is 34.5 Å². The van der Waals surface area contributed by atoms with E-state index in [0.717, 1.165) is 5.56 Å². The molecule has 49 heavy (non-hydrogen) atoms. The number of aryl methyl sites for hydroxylation is 1. The Morgan fingerprint density at radius 1 is 1.06 bits per heavy atom. The number of fused-ring (bicyclic) bond motifs is 3. The lowest BCUT2D eigenvalue weighted by Crippen LogP contribution is -2.79. The summed E-state index contributed by atoms with van der Waals surface area (Å²) < 4.78 is 27.8. The molecule has 6 atom stereocenters. The molecule has 0 spiro atoms. The first-order valence-corrected chi connectivity index (χ1v) is 17.1. The number of nitrogens with zero attached hydrogens (tertiary/aromatic N) is 2. The van der Waals surface area contributed by atoms with E-state index in [-0.39, 0.29) is 35.4 Å². The average molecular weight is 693 g/mol. The van der Waals surface area contributed by atoms with E-state index in [2.05, 4.69) is 16.6 Å². The van der Waals surface area contributed by atoms with Gasteiger partial charge in [-0.1, -0.05) is 43.4 Å². The van der Waals surface area contributed by atoms with Gasteiger partial charge in [-0.2, -0.15) is 4.72 Å². The van der Waals surface area contributed by atoms with E-state index < -0.39 is 79.1 Å². The first-order chi connectivity index (χ1) is 22.6. The van der Waals surface area contributed by atoms with E-state index in [1.54, 1.807) is 44.1 Å². The Kier molecular flexibility index (Phi) is 8.69. The zero-order valence-electron chi connectivity index (χ0n) is 28.4. The SMILES string of the molecule is Cc1ccc(S(=O)(=O)NCC#Cc2cc(N(C)C)c3c(c2O)C(=O)C2C(=O)[C@]4(O)C(=O)C(C(N)=O)C(=O)[C@@H](N(C)C)[C@]4(C)C[C@]2(C)C3)cc1. The number of ketones is 4. The number of phenols is 1. The number of amides is 1. The Morgan fingerprint density at radius 3 is 2.22 bits per heavy atom. The summed E-state index contributed by atoms with van der Waals surface area (Å²) in [5, 5.41) is 23.6. The number of hydrogen-bond acceptors (Lipinski definition) is 11. The van der Waals surface area contributed by atoms with Crippen molar-refractivity contribution < 1.29 is 42.6 Å². The van der Waals surface area contributed by atoms with Crippen molar-refractivity contribution >= 4 is 44.8 Å². The Bertz CT molecular complexity index is 2000. The zero-order chi connectivity index (χ0) is 36.6. The Balaban J connectivity index is 1.59. The van der Waals surface area contributed by atoms with Crippen LogP contribution in [0.4, 0.5) is 5.69 Å². The van der Waals surface area contributed by atoms with Crippen LogP contribution >= 0.6 is 0 Å². The van der Waals surface area contributed by atoms with Crippen LogP contribution in [-0.4, -0.2) is 98.9 Å². The maximum atomic E-state index is 14.5. The lowest BCUT2D eigenvalue weighted by Gasteiger charge is -2.61. The number of carbonyl (C=O) groups excluding carboxylic acids is 5. The van der Waals surface area contributed by atoms with Gasteiger partial charge in [0.1, 0.15) is 5.75 Å². The van der Waals surface area contributed by atoms with Gasteiger partial charge in [0.2, 0.25) is 15.9 Å². The third-order valence-electron chi connectivity index (χ3n) is 10.4. The molecule has 0 bridgehead atoms. The van der Waals surface area contributed by atoms with Crippen LogP contribution in [0.3, 0.4) is 0 Å². The van der Waals surface area contributed by atoms with Crippen LogP contribution in [0.15, 0.2) is 35.2 Å². The monoisotopic (exact) mass is 692 g/mol. The minimum absolute atomic E-state index is 0.0125. The van der Waals surface area contributed by atoms with Gasteiger partial charge < -0.3 is 20.8 Å². The number of aliphatic hydroxyl groups is 1. The molecule has 2 aromatic carbocycles. The van der Waals surface area contributed by atoms with Crippen LogP contribution < -0.4 is 15.4 Å². The second-order valence-corrected chi connectivity index (χ2v) is 16.0. The van der Waals surface area contributed by atoms with Crippen molar-refractivity contribution in [2.24, 2.45) is 28.4 Å². The molecule has 0 radical (unpaired) electrons. The maximum Gasteiger partial charge on any atom is 0.241 e. The third kappa shape index (κ3) is 5.27. The van der Waals surface area contributed by atoms with Crippen molar-refractivity contribution in [3.05, 3.63) is 52.6 Å². The number of likely N-dealkylation sites (N-methyl/N-ethyl adjacent to an activating group) is 1. The molecule has 3 aliphatic rings. The smallest absolute Gasteiger partial charge is 0.241 e. The van der Waals surface area contributed by atoms with Crippen molar-refractivity contribution in [1.82, 2.24) is 9.62 Å². The van der Waals surface area contributed by atoms with Crippen LogP contribution in [0.2, 0.25) is 0 Å². The molecule has 5 N–H and O–H groups in total. The second kappa shape index (κ2) is 11.9. The molecule has 13 nitrogen and oxygen atoms in total. The Hall–Kier alpha value is -4.42. The fourth-order valence-electron chi connectivity index (χ4n) is 8.33. The summed E-state index contributed by atoms with van der Waals surface area (Å²) >= 11 is 0. The largest absolute Gasteiger partial charge is 0.506 e. The molecule has 2 fully saturated rings. The molecule has 5 rings (SSSR count). The highest BCUT2D eigenvalue weighted by molar-refractivity contribution is 7.89. The topological polar surface area (TPSA) is 204 Å². The lowest BCUT2D eigenvalue weighted by atomic mass is 9.42. The van der Waals surface area contributed by atoms with Crippen molar-refractivity contribution in [3.63, 3.8) is 0 Å². The van der Waals surface area contributed by atoms with Gasteiger partial charge in [-0.05, 0) is 63.0 Å². The van der Waals surface area contributed by atoms with Crippen molar-refractivity contribution in [3.8, 4) is 17.6 Å². The number of nitrogens with two attached hydrogens (primary N) is 1. The van der Waals surface area contributed by atoms with Gasteiger partial charge in [-0.3, -0.25) is 28.9 Å². The van der Waals surface area contributed by atoms with E-state index >= 15 is 0 Å². The molecule has 2 aromatic rings. The van der Waals surface area contributed by atoms with Crippen LogP contribution in [0.25, 0.3) is 0 Å². The number of Topliss-reactive ketones (excluding diaryl/α,β-unsaturated/α-hetero) is 4. The molecule has 2 saturated carbocycles. The molecule has 0 aromatic heterocycles. The number of hydrogen-bond donors (Lipinski definition) is 4. The van der Waals surface area contributed by atoms with E-state index in [0.29, 0.717) is 11.3 Å². The van der Waals surface area contributed by atoms with Crippen LogP contribution in [-0.2, 0) is 35.6 Å². The van der Waals surface area contributed by atoms with Crippen LogP contribution in [0, 0.1) is 41.4 Å². The van der Waals surface area contributed by atoms with Gasteiger partial charge in [-0.25, -0.2) is 8.42 Å². The molecule has 0 saturated heterocycles. The average Bonchev–Trinajstić information content (AvgIpc) is 2.97. The molecular weight excluding hydrogens is 652 g/mol. The molecule has 260 valence electrons. The van der Waals surface area contributed by atoms with E-state index in [1.165, 1.54) is 38.1 Å². The van der Waals surface area contributed by atoms with E-state index in [9.17, 15) is 42.6 Å². The van der Waals surface area contributed by atoms with Gasteiger partial charge in [0, 0.05) is 25.2 Å². The highest BCUT2D eigenvalue weighted by Crippen LogP contribution is 2.62. The lowest BCUT2D eigenvalue weighted by molar-refractivity contribution is -0.203. The number of rotatable bonds is 6. The van der Waals surface area contributed by atoms with Crippen molar-refractivity contribution in [1.29, 1.82) is 0 Å². The number of benzene rings is 2. The van der Waals surface area contributed by atoms with E-state index in [1.807, 2.05) is 6.92 Å². The summed E-state index contributed by atoms with van der Waals surface area (Å²) in [4.78, 5) is 71.9. The Morgan fingerprint density at radius 2 is 1.67 bits per heavy atom. The normalized spacial score (nSPS) is 29.4. The summed E-state index contributed by atoms with van der Waals surface area (Å²) in [6, 6.07) is 6.53. The van der Waals surface area contributed by atoms with Crippen molar-refractivity contribution in [2.75, 3.05) is 39.6 Å². The number of primary amides is 1. The highest BCUT2D eigenvalue weighted by atomic mass is 32.2. The highest BCUT2D eigenvalue weighted by Gasteiger charge is 2.76. The van der Waals surface area contributed by atoms with Crippen molar-refractivity contribution in [2.45, 2.75) is 50.2 Å². The van der Waals surface area contributed by atoms with Crippen LogP contribution in [0.5, 0.6) is 5.75 Å². The summed E-state index contributed by atoms with van der Waals surface area (Å²) in [5.41, 5.74) is 1.12. The minimum atomic E-state index is -3.88. The molecule has 1 amide bonds. The maximum absolute atomic E-state index is 14.5. The first kappa shape index (κ1) is 35.9. The standard InChI is InChI=1S/C35H40N4O9S/c1-18-10-12-20(13-11-18)49(47,48)37-14-8-9-19-15-22(38(4)5)21-16-33(2)17-34(3)29(39(6)7)28(42)24(32(36)45)30(43)35(34,46)31(44)25(33)27(41)23(21)26(19)40/h10-13,15,24-25,29,37,40,46H,14,16-17H2,1-7H3,(H2,36,45)/t24?,25?,29-,33+,34+,35-/m1/s1. The number of sulfonamides is 1. The quantitative estimate of drug-likeness (QED) is 0.240. The fraction of sp³-hybridized carbons (Fsp3) is 0.457. The Labute approximate surface area is 284 Å². The molecule has 0 heterocycles. The predicted molar refractivity (Wildman–Crippen MR) is 178 cm³/mol. The molecule has 14 heteroatoms. The second-order valence-electron chi connectivity index (χ2n) is 14.2. The van der Waals surface area contributed by atoms with Gasteiger partial charge in [-0.15, -0.1) is 0 Å². The fourth-order valence-corrected chi connectivity index (χ4v) is 9.26. The molecular formula is C35H40N4O9S. The van der Waals surface area contributed by atoms with Gasteiger partial charge >= 0.3 is 0 Å². The zero-order valence-corrected chi connectivity index (χ0v) is 29.2. The first-order valence-electron chi connectivity index (χ1n) is 15.6. The van der Waals surface area contributed by atoms with Gasteiger partial charge in [0.15, 0.2) is 34.7 Å². The minimum Gasteiger partial charge on any atom is -0.506 e. The summed E-state index contributed by atoms with van der Waals surface area (Å²) in [6.45, 7) is 4.62. The van der Waals surface area contributed by atoms with Crippen LogP contribution in [0.1, 0.15) is 47.3 Å². The number of phenolic OH excluding ortho intramolecular Hbond substituents is 1. The molecule has 3 aliphatic carbocycles. The third-order valence-corrected chi connectivity index (χ3v) is 11.8. The molecule has 2 unspecified atom stereocenters. The predicted octanol–water partition coefficient (Wildman–Crippen LogP) is 0.352. The van der Waals surface area contributed by atoms with Gasteiger partial charge in [0.25, 0.3) is 0 Å². The number of carbonyl (C=O) groups is 5. The van der Waals surface area contributed by atoms with E-state index in [4.69, 9.17) is 5.73 Å². The summed E-state index contributed by atoms with van der Waals surface area (Å²) in [5.74, 6) is -4.39.